The lowest BCUT2D eigenvalue weighted by Crippen LogP contribution is -2.44. The summed E-state index contributed by atoms with van der Waals surface area (Å²) < 4.78 is 32.1. The van der Waals surface area contributed by atoms with Crippen molar-refractivity contribution in [2.45, 2.75) is 51.7 Å². The fourth-order valence-corrected chi connectivity index (χ4v) is 4.25. The number of para-hydroxylation sites is 1. The molecule has 156 valence electrons. The topological polar surface area (TPSA) is 84.5 Å². The smallest absolute Gasteiger partial charge is 0.251 e. The first-order valence-electron chi connectivity index (χ1n) is 10.0. The number of sulfonamides is 1. The highest BCUT2D eigenvalue weighted by Crippen LogP contribution is 2.42. The third-order valence-corrected chi connectivity index (χ3v) is 6.90. The van der Waals surface area contributed by atoms with E-state index in [0.29, 0.717) is 17.7 Å². The predicted molar refractivity (Wildman–Crippen MR) is 115 cm³/mol. The number of nitrogens with one attached hydrogen (secondary N) is 2. The molecule has 29 heavy (non-hydrogen) atoms. The van der Waals surface area contributed by atoms with Gasteiger partial charge < -0.3 is 10.1 Å². The van der Waals surface area contributed by atoms with Crippen molar-refractivity contribution in [2.75, 3.05) is 10.5 Å². The van der Waals surface area contributed by atoms with Crippen LogP contribution in [-0.4, -0.2) is 25.7 Å². The maximum Gasteiger partial charge on any atom is 0.251 e. The predicted octanol–water partition coefficient (Wildman–Crippen LogP) is 4.26. The van der Waals surface area contributed by atoms with Crippen LogP contribution in [0.5, 0.6) is 5.75 Å². The number of benzene rings is 2. The van der Waals surface area contributed by atoms with E-state index in [4.69, 9.17) is 4.74 Å². The number of carbonyl (C=O) groups excluding carboxylic acids is 1. The third-order valence-electron chi connectivity index (χ3n) is 5.59. The molecule has 0 saturated carbocycles. The third kappa shape index (κ3) is 4.72. The fraction of sp³-hybridized carbons (Fsp3) is 0.409. The molecule has 6 nitrogen and oxygen atoms in total. The van der Waals surface area contributed by atoms with Crippen molar-refractivity contribution in [1.29, 1.82) is 0 Å². The second-order valence-corrected chi connectivity index (χ2v) is 9.35. The first kappa shape index (κ1) is 21.2. The van der Waals surface area contributed by atoms with Gasteiger partial charge in [-0.1, -0.05) is 32.0 Å². The minimum atomic E-state index is -3.35. The van der Waals surface area contributed by atoms with Crippen molar-refractivity contribution in [3.8, 4) is 5.75 Å². The van der Waals surface area contributed by atoms with Crippen molar-refractivity contribution in [1.82, 2.24) is 5.32 Å². The summed E-state index contributed by atoms with van der Waals surface area (Å²) in [5, 5.41) is 3.14. The molecule has 0 aliphatic carbocycles. The van der Waals surface area contributed by atoms with Gasteiger partial charge in [0.05, 0.1) is 11.8 Å². The number of ether oxygens (including phenoxy) is 1. The molecule has 2 aromatic carbocycles. The van der Waals surface area contributed by atoms with E-state index in [1.807, 2.05) is 24.3 Å². The molecule has 0 radical (unpaired) electrons. The van der Waals surface area contributed by atoms with E-state index in [1.165, 1.54) is 0 Å². The van der Waals surface area contributed by atoms with Crippen LogP contribution in [0.15, 0.2) is 48.5 Å². The number of carbonyl (C=O) groups is 1. The molecule has 0 bridgehead atoms. The quantitative estimate of drug-likeness (QED) is 0.706. The Bertz CT molecular complexity index is 967. The monoisotopic (exact) mass is 416 g/mol. The van der Waals surface area contributed by atoms with Crippen molar-refractivity contribution < 1.29 is 17.9 Å². The average Bonchev–Trinajstić information content (AvgIpc) is 2.73. The summed E-state index contributed by atoms with van der Waals surface area (Å²) in [6.07, 6.45) is 2.42. The van der Waals surface area contributed by atoms with E-state index < -0.39 is 10.0 Å². The zero-order valence-electron chi connectivity index (χ0n) is 17.1. The van der Waals surface area contributed by atoms with Crippen LogP contribution in [-0.2, 0) is 10.0 Å². The zero-order chi connectivity index (χ0) is 21.1. The summed E-state index contributed by atoms with van der Waals surface area (Å²) in [5.41, 5.74) is 1.60. The molecule has 0 unspecified atom stereocenters. The van der Waals surface area contributed by atoms with Crippen LogP contribution >= 0.6 is 0 Å². The van der Waals surface area contributed by atoms with E-state index >= 15 is 0 Å². The molecule has 1 aliphatic rings. The number of anilines is 1. The van der Waals surface area contributed by atoms with Gasteiger partial charge in [-0.25, -0.2) is 8.42 Å². The van der Waals surface area contributed by atoms with Gasteiger partial charge in [-0.05, 0) is 50.1 Å². The summed E-state index contributed by atoms with van der Waals surface area (Å²) in [4.78, 5) is 12.9. The highest BCUT2D eigenvalue weighted by Gasteiger charge is 2.38. The molecule has 1 aliphatic heterocycles. The average molecular weight is 417 g/mol. The van der Waals surface area contributed by atoms with Crippen molar-refractivity contribution in [3.05, 3.63) is 59.7 Å². The van der Waals surface area contributed by atoms with Gasteiger partial charge in [-0.15, -0.1) is 0 Å². The van der Waals surface area contributed by atoms with Crippen LogP contribution in [0.2, 0.25) is 0 Å². The molecule has 0 fully saturated rings. The zero-order valence-corrected chi connectivity index (χ0v) is 17.9. The molecule has 0 aromatic heterocycles. The first-order chi connectivity index (χ1) is 13.8. The first-order valence-corrected chi connectivity index (χ1v) is 11.7. The molecule has 7 heteroatoms. The summed E-state index contributed by atoms with van der Waals surface area (Å²) in [6.45, 7) is 5.78. The number of rotatable bonds is 7. The normalized spacial score (nSPS) is 17.7. The number of hydrogen-bond acceptors (Lipinski definition) is 4. The summed E-state index contributed by atoms with van der Waals surface area (Å²) in [7, 11) is -3.35. The molecule has 2 N–H and O–H groups in total. The largest absolute Gasteiger partial charge is 0.487 e. The number of amides is 1. The van der Waals surface area contributed by atoms with Gasteiger partial charge in [-0.3, -0.25) is 9.52 Å². The minimum absolute atomic E-state index is 0.00496. The van der Waals surface area contributed by atoms with Crippen LogP contribution in [0.3, 0.4) is 0 Å². The van der Waals surface area contributed by atoms with Crippen LogP contribution in [0.1, 0.15) is 62.0 Å². The van der Waals surface area contributed by atoms with Crippen LogP contribution in [0.25, 0.3) is 0 Å². The van der Waals surface area contributed by atoms with E-state index in [2.05, 4.69) is 23.9 Å². The van der Waals surface area contributed by atoms with Gasteiger partial charge in [0.15, 0.2) is 0 Å². The Hall–Kier alpha value is -2.54. The Morgan fingerprint density at radius 1 is 1.07 bits per heavy atom. The molecule has 0 spiro atoms. The molecular formula is C22H28N2O4S. The van der Waals surface area contributed by atoms with Gasteiger partial charge in [0.1, 0.15) is 11.4 Å². The second kappa shape index (κ2) is 8.45. The molecular weight excluding hydrogens is 388 g/mol. The Labute approximate surface area is 172 Å². The Balaban J connectivity index is 1.79. The molecule has 2 aromatic rings. The summed E-state index contributed by atoms with van der Waals surface area (Å²) >= 11 is 0. The van der Waals surface area contributed by atoms with Gasteiger partial charge in [-0.2, -0.15) is 0 Å². The van der Waals surface area contributed by atoms with Crippen LogP contribution < -0.4 is 14.8 Å². The lowest BCUT2D eigenvalue weighted by Gasteiger charge is -2.41. The van der Waals surface area contributed by atoms with Crippen molar-refractivity contribution in [3.63, 3.8) is 0 Å². The second-order valence-electron chi connectivity index (χ2n) is 7.34. The minimum Gasteiger partial charge on any atom is -0.487 e. The fourth-order valence-electron chi connectivity index (χ4n) is 3.61. The van der Waals surface area contributed by atoms with Gasteiger partial charge in [0.2, 0.25) is 10.0 Å². The number of hydrogen-bond donors (Lipinski definition) is 2. The van der Waals surface area contributed by atoms with E-state index in [-0.39, 0.29) is 23.3 Å². The summed E-state index contributed by atoms with van der Waals surface area (Å²) in [5.74, 6) is 0.615. The Kier molecular flexibility index (Phi) is 6.17. The molecule has 1 heterocycles. The SMILES string of the molecule is CCC1(CC)C[C@H](NC(=O)c2ccc(NS(=O)(=O)CC)cc2)c2ccccc2O1. The number of fused-ring (bicyclic) bond motifs is 1. The van der Waals surface area contributed by atoms with Crippen molar-refractivity contribution >= 4 is 21.6 Å². The summed E-state index contributed by atoms with van der Waals surface area (Å²) in [6, 6.07) is 14.1. The Morgan fingerprint density at radius 2 is 1.72 bits per heavy atom. The lowest BCUT2D eigenvalue weighted by molar-refractivity contribution is 0.0227. The van der Waals surface area contributed by atoms with Gasteiger partial charge in [0.25, 0.3) is 5.91 Å². The molecule has 3 rings (SSSR count). The highest BCUT2D eigenvalue weighted by atomic mass is 32.2. The lowest BCUT2D eigenvalue weighted by atomic mass is 9.83. The van der Waals surface area contributed by atoms with Crippen LogP contribution in [0.4, 0.5) is 5.69 Å². The van der Waals surface area contributed by atoms with E-state index in [0.717, 1.165) is 24.2 Å². The highest BCUT2D eigenvalue weighted by molar-refractivity contribution is 7.92. The van der Waals surface area contributed by atoms with E-state index in [9.17, 15) is 13.2 Å². The maximum atomic E-state index is 12.9. The standard InChI is InChI=1S/C22H28N2O4S/c1-4-22(5-2)15-19(18-9-7-8-10-20(18)28-22)23-21(25)16-11-13-17(14-12-16)24-29(26,27)6-3/h7-14,19,24H,4-6,15H2,1-3H3,(H,23,25)/t19-/m0/s1. The van der Waals surface area contributed by atoms with Crippen LogP contribution in [0, 0.1) is 0 Å². The maximum absolute atomic E-state index is 12.9. The van der Waals surface area contributed by atoms with Gasteiger partial charge >= 0.3 is 0 Å². The molecule has 1 amide bonds. The van der Waals surface area contributed by atoms with E-state index in [1.54, 1.807) is 31.2 Å². The van der Waals surface area contributed by atoms with Crippen molar-refractivity contribution in [2.24, 2.45) is 0 Å². The molecule has 1 atom stereocenters. The van der Waals surface area contributed by atoms with Gasteiger partial charge in [0, 0.05) is 23.2 Å². The molecule has 0 saturated heterocycles. The Morgan fingerprint density at radius 3 is 2.34 bits per heavy atom.